The third kappa shape index (κ3) is 1.75. The van der Waals surface area contributed by atoms with Crippen LogP contribution in [0.3, 0.4) is 0 Å². The molecule has 1 aliphatic heterocycles. The van der Waals surface area contributed by atoms with Crippen molar-refractivity contribution in [3.8, 4) is 0 Å². The number of aromatic nitrogens is 2. The molecule has 72 valence electrons. The number of nitrogens with zero attached hydrogens (tertiary/aromatic N) is 2. The summed E-state index contributed by atoms with van der Waals surface area (Å²) in [5.74, 6) is 0. The van der Waals surface area contributed by atoms with Crippen molar-refractivity contribution in [2.75, 3.05) is 13.1 Å². The van der Waals surface area contributed by atoms with Crippen LogP contribution >= 0.6 is 0 Å². The first kappa shape index (κ1) is 8.75. The molecule has 1 aliphatic rings. The Morgan fingerprint density at radius 3 is 3.23 bits per heavy atom. The topological polar surface area (TPSA) is 31.9 Å². The van der Waals surface area contributed by atoms with E-state index < -0.39 is 0 Å². The van der Waals surface area contributed by atoms with Crippen LogP contribution in [0.1, 0.15) is 37.9 Å². The molecule has 3 heteroatoms. The standard InChI is InChI=1S/C10H17N3/c1-2-13-8-4-3-5-10(13)9-6-7-11-12-9/h6-7,10H,2-5,8H2,1H3,(H,11,12). The van der Waals surface area contributed by atoms with Crippen molar-refractivity contribution in [1.82, 2.24) is 15.1 Å². The molecule has 1 aromatic heterocycles. The number of hydrogen-bond donors (Lipinski definition) is 1. The van der Waals surface area contributed by atoms with Gasteiger partial charge in [0.1, 0.15) is 0 Å². The van der Waals surface area contributed by atoms with Gasteiger partial charge in [-0.15, -0.1) is 0 Å². The van der Waals surface area contributed by atoms with E-state index in [-0.39, 0.29) is 0 Å². The Labute approximate surface area is 79.1 Å². The highest BCUT2D eigenvalue weighted by molar-refractivity contribution is 5.05. The first-order valence-corrected chi connectivity index (χ1v) is 5.15. The first-order valence-electron chi connectivity index (χ1n) is 5.15. The zero-order chi connectivity index (χ0) is 9.10. The van der Waals surface area contributed by atoms with E-state index in [1.165, 1.54) is 31.5 Å². The number of rotatable bonds is 2. The number of piperidine rings is 1. The highest BCUT2D eigenvalue weighted by atomic mass is 15.2. The molecule has 0 radical (unpaired) electrons. The van der Waals surface area contributed by atoms with Gasteiger partial charge in [-0.1, -0.05) is 13.3 Å². The van der Waals surface area contributed by atoms with Gasteiger partial charge in [-0.3, -0.25) is 10.00 Å². The summed E-state index contributed by atoms with van der Waals surface area (Å²) in [4.78, 5) is 2.52. The highest BCUT2D eigenvalue weighted by Crippen LogP contribution is 2.28. The van der Waals surface area contributed by atoms with Crippen LogP contribution in [0.2, 0.25) is 0 Å². The largest absolute Gasteiger partial charge is 0.295 e. The maximum absolute atomic E-state index is 4.01. The molecule has 1 N–H and O–H groups in total. The minimum atomic E-state index is 0.584. The monoisotopic (exact) mass is 179 g/mol. The second kappa shape index (κ2) is 3.92. The van der Waals surface area contributed by atoms with Gasteiger partial charge in [0, 0.05) is 6.20 Å². The number of nitrogens with one attached hydrogen (secondary N) is 1. The van der Waals surface area contributed by atoms with Crippen LogP contribution in [-0.2, 0) is 0 Å². The lowest BCUT2D eigenvalue weighted by Crippen LogP contribution is -2.33. The summed E-state index contributed by atoms with van der Waals surface area (Å²) in [5, 5.41) is 7.09. The van der Waals surface area contributed by atoms with Gasteiger partial charge in [-0.05, 0) is 32.0 Å². The Morgan fingerprint density at radius 2 is 2.54 bits per heavy atom. The van der Waals surface area contributed by atoms with Gasteiger partial charge in [0.25, 0.3) is 0 Å². The Balaban J connectivity index is 2.11. The first-order chi connectivity index (χ1) is 6.42. The van der Waals surface area contributed by atoms with Gasteiger partial charge >= 0.3 is 0 Å². The smallest absolute Gasteiger partial charge is 0.0523 e. The van der Waals surface area contributed by atoms with Crippen molar-refractivity contribution in [3.05, 3.63) is 18.0 Å². The Bertz CT molecular complexity index is 243. The van der Waals surface area contributed by atoms with E-state index in [0.29, 0.717) is 6.04 Å². The average molecular weight is 179 g/mol. The Hall–Kier alpha value is -0.830. The van der Waals surface area contributed by atoms with E-state index in [4.69, 9.17) is 0 Å². The van der Waals surface area contributed by atoms with Crippen LogP contribution in [0.5, 0.6) is 0 Å². The Kier molecular flexibility index (Phi) is 2.64. The lowest BCUT2D eigenvalue weighted by Gasteiger charge is -2.33. The maximum Gasteiger partial charge on any atom is 0.0523 e. The summed E-state index contributed by atoms with van der Waals surface area (Å²) >= 11 is 0. The van der Waals surface area contributed by atoms with Gasteiger partial charge in [-0.25, -0.2) is 0 Å². The van der Waals surface area contributed by atoms with Crippen LogP contribution < -0.4 is 0 Å². The van der Waals surface area contributed by atoms with Gasteiger partial charge in [0.15, 0.2) is 0 Å². The SMILES string of the molecule is CCN1CCCCC1c1ccn[nH]1. The summed E-state index contributed by atoms with van der Waals surface area (Å²) in [7, 11) is 0. The van der Waals surface area contributed by atoms with Crippen molar-refractivity contribution in [2.24, 2.45) is 0 Å². The predicted octanol–water partition coefficient (Wildman–Crippen LogP) is 1.96. The lowest BCUT2D eigenvalue weighted by atomic mass is 10.00. The van der Waals surface area contributed by atoms with Crippen molar-refractivity contribution < 1.29 is 0 Å². The summed E-state index contributed by atoms with van der Waals surface area (Å²) < 4.78 is 0. The molecule has 3 nitrogen and oxygen atoms in total. The molecule has 2 rings (SSSR count). The Morgan fingerprint density at radius 1 is 1.62 bits per heavy atom. The highest BCUT2D eigenvalue weighted by Gasteiger charge is 2.22. The quantitative estimate of drug-likeness (QED) is 0.752. The second-order valence-corrected chi connectivity index (χ2v) is 3.65. The lowest BCUT2D eigenvalue weighted by molar-refractivity contribution is 0.154. The van der Waals surface area contributed by atoms with Gasteiger partial charge in [0.05, 0.1) is 11.7 Å². The summed E-state index contributed by atoms with van der Waals surface area (Å²) in [6.45, 7) is 4.61. The van der Waals surface area contributed by atoms with Crippen molar-refractivity contribution in [2.45, 2.75) is 32.2 Å². The molecule has 2 heterocycles. The molecule has 1 atom stereocenters. The van der Waals surface area contributed by atoms with Crippen molar-refractivity contribution in [3.63, 3.8) is 0 Å². The van der Waals surface area contributed by atoms with Crippen molar-refractivity contribution in [1.29, 1.82) is 0 Å². The zero-order valence-corrected chi connectivity index (χ0v) is 8.16. The second-order valence-electron chi connectivity index (χ2n) is 3.65. The van der Waals surface area contributed by atoms with Crippen LogP contribution in [0, 0.1) is 0 Å². The van der Waals surface area contributed by atoms with Gasteiger partial charge < -0.3 is 0 Å². The number of aromatic amines is 1. The summed E-state index contributed by atoms with van der Waals surface area (Å²) in [6.07, 6.45) is 5.81. The summed E-state index contributed by atoms with van der Waals surface area (Å²) in [5.41, 5.74) is 1.28. The average Bonchev–Trinajstić information content (AvgIpc) is 2.70. The molecule has 1 unspecified atom stereocenters. The predicted molar refractivity (Wildman–Crippen MR) is 52.4 cm³/mol. The molecule has 1 saturated heterocycles. The molecule has 0 saturated carbocycles. The molecular weight excluding hydrogens is 162 g/mol. The number of H-pyrrole nitrogens is 1. The molecule has 0 spiro atoms. The minimum Gasteiger partial charge on any atom is -0.295 e. The summed E-state index contributed by atoms with van der Waals surface area (Å²) in [6, 6.07) is 2.68. The normalized spacial score (nSPS) is 24.8. The van der Waals surface area contributed by atoms with E-state index in [1.807, 2.05) is 6.20 Å². The van der Waals surface area contributed by atoms with Crippen LogP contribution in [0.4, 0.5) is 0 Å². The third-order valence-electron chi connectivity index (χ3n) is 2.90. The maximum atomic E-state index is 4.01. The molecule has 0 bridgehead atoms. The number of hydrogen-bond acceptors (Lipinski definition) is 2. The molecular formula is C10H17N3. The van der Waals surface area contributed by atoms with Gasteiger partial charge in [0.2, 0.25) is 0 Å². The molecule has 0 aliphatic carbocycles. The third-order valence-corrected chi connectivity index (χ3v) is 2.90. The number of likely N-dealkylation sites (tertiary alicyclic amines) is 1. The van der Waals surface area contributed by atoms with Crippen molar-refractivity contribution >= 4 is 0 Å². The molecule has 1 aromatic rings. The van der Waals surface area contributed by atoms with E-state index in [2.05, 4.69) is 28.1 Å². The van der Waals surface area contributed by atoms with E-state index in [9.17, 15) is 0 Å². The van der Waals surface area contributed by atoms with Crippen LogP contribution in [0.25, 0.3) is 0 Å². The molecule has 0 aromatic carbocycles. The van der Waals surface area contributed by atoms with Crippen LogP contribution in [-0.4, -0.2) is 28.2 Å². The minimum absolute atomic E-state index is 0.584. The van der Waals surface area contributed by atoms with E-state index in [1.54, 1.807) is 0 Å². The fourth-order valence-electron chi connectivity index (χ4n) is 2.17. The van der Waals surface area contributed by atoms with Gasteiger partial charge in [-0.2, -0.15) is 5.10 Å². The van der Waals surface area contributed by atoms with E-state index in [0.717, 1.165) is 6.54 Å². The van der Waals surface area contributed by atoms with Crippen LogP contribution in [0.15, 0.2) is 12.3 Å². The molecule has 1 fully saturated rings. The molecule has 0 amide bonds. The molecule has 13 heavy (non-hydrogen) atoms. The fourth-order valence-corrected chi connectivity index (χ4v) is 2.17. The fraction of sp³-hybridized carbons (Fsp3) is 0.700. The zero-order valence-electron chi connectivity index (χ0n) is 8.16. The van der Waals surface area contributed by atoms with E-state index >= 15 is 0 Å².